The van der Waals surface area contributed by atoms with Gasteiger partial charge in [-0.25, -0.2) is 4.98 Å². The molecule has 30 heavy (non-hydrogen) atoms. The zero-order chi connectivity index (χ0) is 21.4. The first-order chi connectivity index (χ1) is 14.4. The first-order valence-corrected chi connectivity index (χ1v) is 10.5. The Morgan fingerprint density at radius 1 is 1.33 bits per heavy atom. The first kappa shape index (κ1) is 20.2. The van der Waals surface area contributed by atoms with Crippen LogP contribution in [0, 0.1) is 12.8 Å². The van der Waals surface area contributed by atoms with E-state index in [1.807, 2.05) is 6.92 Å². The number of nitrogens with zero attached hydrogens (tertiary/aromatic N) is 2. The summed E-state index contributed by atoms with van der Waals surface area (Å²) in [6, 6.07) is 4.15. The molecule has 0 aliphatic heterocycles. The molecule has 0 bridgehead atoms. The maximum Gasteiger partial charge on any atom is 0.263 e. The molecule has 0 radical (unpaired) electrons. The fraction of sp³-hybridized carbons (Fsp3) is 0.435. The third-order valence-electron chi connectivity index (χ3n) is 5.92. The largest absolute Gasteiger partial charge is 0.507 e. The highest BCUT2D eigenvalue weighted by Gasteiger charge is 2.33. The van der Waals surface area contributed by atoms with Gasteiger partial charge in [-0.05, 0) is 54.9 Å². The minimum absolute atomic E-state index is 0.0178. The van der Waals surface area contributed by atoms with Crippen LogP contribution in [0.2, 0.25) is 0 Å². The van der Waals surface area contributed by atoms with Gasteiger partial charge in [-0.15, -0.1) is 0 Å². The van der Waals surface area contributed by atoms with Crippen LogP contribution in [-0.2, 0) is 6.42 Å². The van der Waals surface area contributed by atoms with E-state index in [4.69, 9.17) is 4.74 Å². The van der Waals surface area contributed by atoms with Crippen molar-refractivity contribution in [3.8, 4) is 34.1 Å². The molecule has 0 saturated carbocycles. The third kappa shape index (κ3) is 3.38. The average Bonchev–Trinajstić information content (AvgIpc) is 3.22. The molecule has 1 aliphatic rings. The molecule has 1 unspecified atom stereocenters. The number of nitrogens with one attached hydrogen (secondary N) is 2. The predicted molar refractivity (Wildman–Crippen MR) is 116 cm³/mol. The summed E-state index contributed by atoms with van der Waals surface area (Å²) in [5.74, 6) is 1.45. The minimum atomic E-state index is -0.390. The van der Waals surface area contributed by atoms with Gasteiger partial charge < -0.3 is 14.8 Å². The number of aromatic nitrogens is 4. The van der Waals surface area contributed by atoms with E-state index >= 15 is 0 Å². The van der Waals surface area contributed by atoms with Crippen molar-refractivity contribution in [1.29, 1.82) is 0 Å². The lowest BCUT2D eigenvalue weighted by Gasteiger charge is -2.32. The molecule has 7 nitrogen and oxygen atoms in total. The number of ether oxygens (including phenoxy) is 1. The standard InChI is InChI=1S/C23H28N4O3/c1-5-6-7-30-17-10-14-9-15(12(2)3)18-20(16(14)8-13(17)4)26-23(29)19(21(18)28)22-24-11-25-27-22/h8,10-12,15H,5-7,9H2,1-4H3,(H,24,25,27)(H2,26,28,29). The monoisotopic (exact) mass is 408 g/mol. The predicted octanol–water partition coefficient (Wildman–Crippen LogP) is 4.32. The SMILES string of the molecule is CCCCOc1cc2c(cc1C)-c1[nH]c(=O)c(-c3ncn[nH]3)c(O)c1C(C(C)C)C2. The number of fused-ring (bicyclic) bond motifs is 3. The summed E-state index contributed by atoms with van der Waals surface area (Å²) in [6.07, 6.45) is 4.19. The molecule has 0 fully saturated rings. The summed E-state index contributed by atoms with van der Waals surface area (Å²) < 4.78 is 6.00. The lowest BCUT2D eigenvalue weighted by Crippen LogP contribution is -2.22. The summed E-state index contributed by atoms with van der Waals surface area (Å²) in [6.45, 7) is 9.11. The van der Waals surface area contributed by atoms with Gasteiger partial charge in [0.1, 0.15) is 23.4 Å². The Bertz CT molecular complexity index is 1120. The van der Waals surface area contributed by atoms with Gasteiger partial charge in [0.25, 0.3) is 5.56 Å². The van der Waals surface area contributed by atoms with E-state index in [9.17, 15) is 9.90 Å². The number of hydrogen-bond donors (Lipinski definition) is 3. The van der Waals surface area contributed by atoms with Gasteiger partial charge in [0.15, 0.2) is 5.82 Å². The molecule has 2 aromatic heterocycles. The lowest BCUT2D eigenvalue weighted by atomic mass is 9.74. The molecule has 4 rings (SSSR count). The van der Waals surface area contributed by atoms with Crippen molar-refractivity contribution in [2.75, 3.05) is 6.61 Å². The summed E-state index contributed by atoms with van der Waals surface area (Å²) >= 11 is 0. The van der Waals surface area contributed by atoms with Crippen LogP contribution < -0.4 is 10.3 Å². The van der Waals surface area contributed by atoms with Crippen LogP contribution in [0.4, 0.5) is 0 Å². The fourth-order valence-corrected chi connectivity index (χ4v) is 4.24. The van der Waals surface area contributed by atoms with Gasteiger partial charge >= 0.3 is 0 Å². The Morgan fingerprint density at radius 2 is 2.13 bits per heavy atom. The van der Waals surface area contributed by atoms with Gasteiger partial charge in [-0.2, -0.15) is 5.10 Å². The second-order valence-electron chi connectivity index (χ2n) is 8.33. The maximum absolute atomic E-state index is 12.9. The topological polar surface area (TPSA) is 104 Å². The van der Waals surface area contributed by atoms with E-state index in [0.717, 1.165) is 47.3 Å². The highest BCUT2D eigenvalue weighted by molar-refractivity contribution is 5.79. The number of hydrogen-bond acceptors (Lipinski definition) is 5. The first-order valence-electron chi connectivity index (χ1n) is 10.5. The molecular formula is C23H28N4O3. The average molecular weight is 409 g/mol. The minimum Gasteiger partial charge on any atom is -0.507 e. The number of H-pyrrole nitrogens is 2. The molecule has 1 aromatic carbocycles. The van der Waals surface area contributed by atoms with Crippen LogP contribution >= 0.6 is 0 Å². The number of benzene rings is 1. The maximum atomic E-state index is 12.9. The normalized spacial score (nSPS) is 15.2. The second-order valence-corrected chi connectivity index (χ2v) is 8.33. The highest BCUT2D eigenvalue weighted by Crippen LogP contribution is 2.48. The van der Waals surface area contributed by atoms with E-state index in [0.29, 0.717) is 12.3 Å². The molecule has 158 valence electrons. The van der Waals surface area contributed by atoms with Crippen molar-refractivity contribution in [3.63, 3.8) is 0 Å². The Morgan fingerprint density at radius 3 is 2.80 bits per heavy atom. The van der Waals surface area contributed by atoms with E-state index < -0.39 is 0 Å². The quantitative estimate of drug-likeness (QED) is 0.527. The van der Waals surface area contributed by atoms with E-state index in [-0.39, 0.29) is 34.5 Å². The number of unbranched alkanes of at least 4 members (excludes halogenated alkanes) is 1. The van der Waals surface area contributed by atoms with Crippen LogP contribution in [-0.4, -0.2) is 31.9 Å². The molecule has 1 aliphatic carbocycles. The number of aromatic hydroxyl groups is 1. The van der Waals surface area contributed by atoms with Crippen LogP contribution in [0.15, 0.2) is 23.3 Å². The molecule has 0 spiro atoms. The molecule has 0 amide bonds. The number of aryl methyl sites for hydroxylation is 1. The Hall–Kier alpha value is -3.09. The smallest absolute Gasteiger partial charge is 0.263 e. The van der Waals surface area contributed by atoms with Crippen LogP contribution in [0.25, 0.3) is 22.6 Å². The van der Waals surface area contributed by atoms with Crippen molar-refractivity contribution in [2.24, 2.45) is 5.92 Å². The van der Waals surface area contributed by atoms with Crippen molar-refractivity contribution in [2.45, 2.75) is 52.9 Å². The lowest BCUT2D eigenvalue weighted by molar-refractivity contribution is 0.307. The van der Waals surface area contributed by atoms with Crippen molar-refractivity contribution in [3.05, 3.63) is 45.5 Å². The van der Waals surface area contributed by atoms with Crippen LogP contribution in [0.3, 0.4) is 0 Å². The summed E-state index contributed by atoms with van der Waals surface area (Å²) in [4.78, 5) is 20.0. The number of rotatable bonds is 6. The summed E-state index contributed by atoms with van der Waals surface area (Å²) in [5, 5.41) is 17.7. The number of aromatic amines is 2. The molecule has 3 aromatic rings. The van der Waals surface area contributed by atoms with Gasteiger partial charge in [0.2, 0.25) is 0 Å². The highest BCUT2D eigenvalue weighted by atomic mass is 16.5. The zero-order valence-electron chi connectivity index (χ0n) is 17.9. The summed E-state index contributed by atoms with van der Waals surface area (Å²) in [7, 11) is 0. The Balaban J connectivity index is 1.90. The zero-order valence-corrected chi connectivity index (χ0v) is 17.9. The van der Waals surface area contributed by atoms with Crippen molar-refractivity contribution in [1.82, 2.24) is 20.2 Å². The summed E-state index contributed by atoms with van der Waals surface area (Å²) in [5.41, 5.74) is 4.28. The molecule has 1 atom stereocenters. The Labute approximate surface area is 175 Å². The third-order valence-corrected chi connectivity index (χ3v) is 5.92. The number of pyridine rings is 1. The molecule has 0 saturated heterocycles. The van der Waals surface area contributed by atoms with Gasteiger partial charge in [0.05, 0.1) is 12.3 Å². The van der Waals surface area contributed by atoms with E-state index in [1.54, 1.807) is 0 Å². The van der Waals surface area contributed by atoms with E-state index in [1.165, 1.54) is 6.33 Å². The Kier molecular flexibility index (Phi) is 5.37. The van der Waals surface area contributed by atoms with Gasteiger partial charge in [-0.1, -0.05) is 27.2 Å². The van der Waals surface area contributed by atoms with Crippen molar-refractivity contribution < 1.29 is 9.84 Å². The van der Waals surface area contributed by atoms with E-state index in [2.05, 4.69) is 53.1 Å². The van der Waals surface area contributed by atoms with Crippen LogP contribution in [0.5, 0.6) is 11.5 Å². The molecule has 2 heterocycles. The molecule has 3 N–H and O–H groups in total. The van der Waals surface area contributed by atoms with Gasteiger partial charge in [0, 0.05) is 11.1 Å². The van der Waals surface area contributed by atoms with Crippen LogP contribution in [0.1, 0.15) is 56.2 Å². The second kappa shape index (κ2) is 7.97. The van der Waals surface area contributed by atoms with Gasteiger partial charge in [-0.3, -0.25) is 9.89 Å². The van der Waals surface area contributed by atoms with Crippen molar-refractivity contribution >= 4 is 0 Å². The fourth-order valence-electron chi connectivity index (χ4n) is 4.24. The molecule has 7 heteroatoms. The molecular weight excluding hydrogens is 380 g/mol.